The van der Waals surface area contributed by atoms with Gasteiger partial charge in [0, 0.05) is 44.5 Å². The molecule has 1 aromatic heterocycles. The predicted molar refractivity (Wildman–Crippen MR) is 141 cm³/mol. The van der Waals surface area contributed by atoms with E-state index < -0.39 is 17.5 Å². The highest BCUT2D eigenvalue weighted by molar-refractivity contribution is 6.34. The lowest BCUT2D eigenvalue weighted by molar-refractivity contribution is -0.131. The number of nitrogens with zero attached hydrogens (tertiary/aromatic N) is 4. The Balaban J connectivity index is 1.44. The Morgan fingerprint density at radius 1 is 1.05 bits per heavy atom. The van der Waals surface area contributed by atoms with Crippen LogP contribution in [0.4, 0.5) is 14.5 Å². The fourth-order valence-corrected chi connectivity index (χ4v) is 4.56. The summed E-state index contributed by atoms with van der Waals surface area (Å²) < 4.78 is 34.9. The maximum atomic E-state index is 14.6. The van der Waals surface area contributed by atoms with Crippen LogP contribution in [0.2, 0.25) is 5.02 Å². The molecule has 1 aliphatic heterocycles. The molecule has 4 rings (SSSR count). The number of hydrogen-bond acceptors (Lipinski definition) is 6. The number of ether oxygens (including phenoxy) is 1. The summed E-state index contributed by atoms with van der Waals surface area (Å²) in [4.78, 5) is 45.3. The van der Waals surface area contributed by atoms with Crippen LogP contribution in [0.25, 0.3) is 11.3 Å². The van der Waals surface area contributed by atoms with E-state index in [-0.39, 0.29) is 51.8 Å². The van der Waals surface area contributed by atoms with E-state index in [1.807, 2.05) is 0 Å². The average molecular weight is 561 g/mol. The van der Waals surface area contributed by atoms with Gasteiger partial charge >= 0.3 is 0 Å². The Morgan fingerprint density at radius 2 is 1.74 bits per heavy atom. The van der Waals surface area contributed by atoms with Gasteiger partial charge in [-0.15, -0.1) is 0 Å². The zero-order valence-corrected chi connectivity index (χ0v) is 22.3. The number of anilines is 1. The van der Waals surface area contributed by atoms with Crippen molar-refractivity contribution in [3.63, 3.8) is 0 Å². The third kappa shape index (κ3) is 5.71. The van der Waals surface area contributed by atoms with Crippen molar-refractivity contribution in [2.75, 3.05) is 52.2 Å². The summed E-state index contributed by atoms with van der Waals surface area (Å²) in [7, 11) is 4.43. The number of piperazine rings is 1. The van der Waals surface area contributed by atoms with E-state index in [0.29, 0.717) is 31.9 Å². The average Bonchev–Trinajstić information content (AvgIpc) is 3.31. The van der Waals surface area contributed by atoms with Crippen molar-refractivity contribution >= 4 is 35.0 Å². The molecule has 13 heteroatoms. The lowest BCUT2D eigenvalue weighted by atomic mass is 10.1. The van der Waals surface area contributed by atoms with Crippen LogP contribution in [0.15, 0.2) is 36.5 Å². The molecule has 3 amide bonds. The van der Waals surface area contributed by atoms with Gasteiger partial charge in [-0.1, -0.05) is 11.6 Å². The van der Waals surface area contributed by atoms with Crippen LogP contribution in [0.3, 0.4) is 0 Å². The summed E-state index contributed by atoms with van der Waals surface area (Å²) in [5.41, 5.74) is 0.683. The predicted octanol–water partition coefficient (Wildman–Crippen LogP) is 2.78. The van der Waals surface area contributed by atoms with E-state index in [4.69, 9.17) is 16.3 Å². The van der Waals surface area contributed by atoms with Crippen molar-refractivity contribution in [1.82, 2.24) is 24.7 Å². The minimum Gasteiger partial charge on any atom is -0.494 e. The molecular formula is C26H27ClF2N6O4. The van der Waals surface area contributed by atoms with Gasteiger partial charge in [0.25, 0.3) is 11.8 Å². The molecule has 0 saturated carbocycles. The fourth-order valence-electron chi connectivity index (χ4n) is 4.30. The van der Waals surface area contributed by atoms with Gasteiger partial charge in [-0.05, 0) is 37.4 Å². The van der Waals surface area contributed by atoms with Crippen LogP contribution in [0.1, 0.15) is 21.0 Å². The monoisotopic (exact) mass is 560 g/mol. The SMILES string of the molecule is CNCC(=O)N1CCN(C(=O)c2ccc(NC(=O)c3ncc(-c4ccc(OC)c(F)c4F)n3C)cc2Cl)CC1. The molecular weight excluding hydrogens is 534 g/mol. The summed E-state index contributed by atoms with van der Waals surface area (Å²) in [5, 5.41) is 5.62. The van der Waals surface area contributed by atoms with Gasteiger partial charge in [-0.3, -0.25) is 14.4 Å². The fraction of sp³-hybridized carbons (Fsp3) is 0.308. The Bertz CT molecular complexity index is 1420. The van der Waals surface area contributed by atoms with Crippen LogP contribution >= 0.6 is 11.6 Å². The highest BCUT2D eigenvalue weighted by Gasteiger charge is 2.26. The third-order valence-corrected chi connectivity index (χ3v) is 6.75. The number of imidazole rings is 1. The second kappa shape index (κ2) is 11.8. The number of halogens is 3. The highest BCUT2D eigenvalue weighted by atomic mass is 35.5. The number of carbonyl (C=O) groups excluding carboxylic acids is 3. The normalized spacial score (nSPS) is 13.4. The van der Waals surface area contributed by atoms with E-state index in [1.54, 1.807) is 16.8 Å². The zero-order chi connectivity index (χ0) is 28.3. The molecule has 1 saturated heterocycles. The number of likely N-dealkylation sites (N-methyl/N-ethyl adjacent to an activating group) is 1. The van der Waals surface area contributed by atoms with Crippen LogP contribution in [-0.2, 0) is 11.8 Å². The number of benzene rings is 2. The first-order valence-corrected chi connectivity index (χ1v) is 12.4. The molecule has 2 heterocycles. The van der Waals surface area contributed by atoms with Crippen molar-refractivity contribution in [2.45, 2.75) is 0 Å². The maximum Gasteiger partial charge on any atom is 0.291 e. The molecule has 3 aromatic rings. The largest absolute Gasteiger partial charge is 0.494 e. The van der Waals surface area contributed by atoms with E-state index in [2.05, 4.69) is 15.6 Å². The van der Waals surface area contributed by atoms with Gasteiger partial charge in [0.2, 0.25) is 11.7 Å². The minimum atomic E-state index is -1.14. The summed E-state index contributed by atoms with van der Waals surface area (Å²) in [6, 6.07) is 7.12. The summed E-state index contributed by atoms with van der Waals surface area (Å²) >= 11 is 6.39. The minimum absolute atomic E-state index is 0.0242. The zero-order valence-electron chi connectivity index (χ0n) is 21.6. The van der Waals surface area contributed by atoms with E-state index >= 15 is 0 Å². The molecule has 2 aromatic carbocycles. The molecule has 0 atom stereocenters. The molecule has 0 aliphatic carbocycles. The van der Waals surface area contributed by atoms with Crippen LogP contribution < -0.4 is 15.4 Å². The Kier molecular flexibility index (Phi) is 8.46. The van der Waals surface area contributed by atoms with E-state index in [9.17, 15) is 23.2 Å². The van der Waals surface area contributed by atoms with Gasteiger partial charge in [0.1, 0.15) is 0 Å². The molecule has 206 valence electrons. The van der Waals surface area contributed by atoms with Crippen molar-refractivity contribution < 1.29 is 27.9 Å². The molecule has 0 radical (unpaired) electrons. The maximum absolute atomic E-state index is 14.6. The summed E-state index contributed by atoms with van der Waals surface area (Å²) in [6.07, 6.45) is 1.26. The standard InChI is InChI=1S/C26H27ClF2N6O4/c1-30-14-21(36)34-8-10-35(11-9-34)26(38)16-5-4-15(12-18(16)27)32-25(37)24-31-13-19(33(24)2)17-6-7-20(39-3)23(29)22(17)28/h4-7,12-13,30H,8-11,14H2,1-3H3,(H,32,37). The summed E-state index contributed by atoms with van der Waals surface area (Å²) in [6.45, 7) is 1.85. The molecule has 2 N–H and O–H groups in total. The first kappa shape index (κ1) is 28.0. The molecule has 39 heavy (non-hydrogen) atoms. The first-order chi connectivity index (χ1) is 18.7. The second-order valence-corrected chi connectivity index (χ2v) is 9.23. The second-order valence-electron chi connectivity index (χ2n) is 8.82. The number of nitrogens with one attached hydrogen (secondary N) is 2. The quantitative estimate of drug-likeness (QED) is 0.460. The number of carbonyl (C=O) groups is 3. The van der Waals surface area contributed by atoms with Crippen molar-refractivity contribution in [3.05, 3.63) is 64.6 Å². The smallest absolute Gasteiger partial charge is 0.291 e. The molecule has 0 unspecified atom stereocenters. The van der Waals surface area contributed by atoms with Gasteiger partial charge in [-0.2, -0.15) is 4.39 Å². The topological polar surface area (TPSA) is 109 Å². The Hall–Kier alpha value is -4.03. The van der Waals surface area contributed by atoms with E-state index in [1.165, 1.54) is 55.3 Å². The lowest BCUT2D eigenvalue weighted by Gasteiger charge is -2.35. The number of hydrogen-bond donors (Lipinski definition) is 2. The molecule has 0 spiro atoms. The van der Waals surface area contributed by atoms with Gasteiger partial charge < -0.3 is 29.7 Å². The molecule has 1 aliphatic rings. The summed E-state index contributed by atoms with van der Waals surface area (Å²) in [5.74, 6) is -3.47. The van der Waals surface area contributed by atoms with E-state index in [0.717, 1.165) is 0 Å². The molecule has 1 fully saturated rings. The lowest BCUT2D eigenvalue weighted by Crippen LogP contribution is -2.52. The number of amides is 3. The highest BCUT2D eigenvalue weighted by Crippen LogP contribution is 2.30. The number of aromatic nitrogens is 2. The van der Waals surface area contributed by atoms with Crippen molar-refractivity contribution in [1.29, 1.82) is 0 Å². The first-order valence-electron chi connectivity index (χ1n) is 12.0. The van der Waals surface area contributed by atoms with Gasteiger partial charge in [0.15, 0.2) is 17.4 Å². The third-order valence-electron chi connectivity index (χ3n) is 6.44. The van der Waals surface area contributed by atoms with Crippen molar-refractivity contribution in [2.24, 2.45) is 7.05 Å². The number of methoxy groups -OCH3 is 1. The van der Waals surface area contributed by atoms with Crippen LogP contribution in [-0.4, -0.2) is 84.0 Å². The molecule has 0 bridgehead atoms. The van der Waals surface area contributed by atoms with Crippen LogP contribution in [0, 0.1) is 11.6 Å². The van der Waals surface area contributed by atoms with Gasteiger partial charge in [0.05, 0.1) is 36.1 Å². The van der Waals surface area contributed by atoms with Crippen LogP contribution in [0.5, 0.6) is 5.75 Å². The van der Waals surface area contributed by atoms with Gasteiger partial charge in [-0.25, -0.2) is 9.37 Å². The Labute approximate surface area is 228 Å². The molecule has 10 nitrogen and oxygen atoms in total. The Morgan fingerprint density at radius 3 is 2.38 bits per heavy atom. The number of rotatable bonds is 7. The van der Waals surface area contributed by atoms with Crippen molar-refractivity contribution in [3.8, 4) is 17.0 Å².